The third-order valence-corrected chi connectivity index (χ3v) is 3.23. The molecule has 94 valence electrons. The van der Waals surface area contributed by atoms with E-state index in [-0.39, 0.29) is 12.1 Å². The standard InChI is InChI=1S/C12H25N3O/c1-9(2)13-8-11-6-7-15(11)12(16)14(5)10(3)4/h9-11,13H,6-8H2,1-5H3. The van der Waals surface area contributed by atoms with Crippen LogP contribution < -0.4 is 5.32 Å². The van der Waals surface area contributed by atoms with Crippen molar-refractivity contribution in [2.45, 2.75) is 52.2 Å². The number of carbonyl (C=O) groups is 1. The maximum absolute atomic E-state index is 12.0. The van der Waals surface area contributed by atoms with Crippen LogP contribution in [0.4, 0.5) is 4.79 Å². The maximum Gasteiger partial charge on any atom is 0.320 e. The first-order valence-corrected chi connectivity index (χ1v) is 6.20. The Bertz CT molecular complexity index is 240. The fraction of sp³-hybridized carbons (Fsp3) is 0.917. The Morgan fingerprint density at radius 2 is 2.06 bits per heavy atom. The molecule has 4 nitrogen and oxygen atoms in total. The van der Waals surface area contributed by atoms with Crippen molar-refractivity contribution in [1.82, 2.24) is 15.1 Å². The normalized spacial score (nSPS) is 20.2. The molecule has 0 spiro atoms. The Morgan fingerprint density at radius 3 is 2.44 bits per heavy atom. The van der Waals surface area contributed by atoms with Crippen LogP contribution in [0.5, 0.6) is 0 Å². The van der Waals surface area contributed by atoms with Gasteiger partial charge >= 0.3 is 6.03 Å². The van der Waals surface area contributed by atoms with Gasteiger partial charge in [0.1, 0.15) is 0 Å². The number of hydrogen-bond donors (Lipinski definition) is 1. The first kappa shape index (κ1) is 13.3. The van der Waals surface area contributed by atoms with Gasteiger partial charge in [-0.1, -0.05) is 13.8 Å². The second-order valence-electron chi connectivity index (χ2n) is 5.19. The molecule has 1 fully saturated rings. The molecule has 1 saturated heterocycles. The summed E-state index contributed by atoms with van der Waals surface area (Å²) in [6.07, 6.45) is 1.12. The second kappa shape index (κ2) is 5.53. The van der Waals surface area contributed by atoms with Gasteiger partial charge in [-0.25, -0.2) is 4.79 Å². The molecule has 0 aliphatic carbocycles. The van der Waals surface area contributed by atoms with Gasteiger partial charge in [-0.2, -0.15) is 0 Å². The molecule has 1 heterocycles. The van der Waals surface area contributed by atoms with Gasteiger partial charge in [0.25, 0.3) is 0 Å². The predicted octanol–water partition coefficient (Wildman–Crippen LogP) is 1.52. The van der Waals surface area contributed by atoms with Crippen LogP contribution in [0.25, 0.3) is 0 Å². The molecule has 0 radical (unpaired) electrons. The third-order valence-electron chi connectivity index (χ3n) is 3.23. The van der Waals surface area contributed by atoms with Crippen molar-refractivity contribution in [1.29, 1.82) is 0 Å². The molecule has 0 aromatic rings. The van der Waals surface area contributed by atoms with Gasteiger partial charge in [0.2, 0.25) is 0 Å². The Balaban J connectivity index is 2.40. The van der Waals surface area contributed by atoms with E-state index in [0.29, 0.717) is 12.1 Å². The number of carbonyl (C=O) groups excluding carboxylic acids is 1. The summed E-state index contributed by atoms with van der Waals surface area (Å²) in [7, 11) is 1.87. The van der Waals surface area contributed by atoms with E-state index >= 15 is 0 Å². The lowest BCUT2D eigenvalue weighted by Gasteiger charge is -2.44. The van der Waals surface area contributed by atoms with E-state index in [1.165, 1.54) is 0 Å². The van der Waals surface area contributed by atoms with Gasteiger partial charge in [-0.05, 0) is 20.3 Å². The summed E-state index contributed by atoms with van der Waals surface area (Å²) in [5, 5.41) is 3.39. The SMILES string of the molecule is CC(C)NCC1CCN1C(=O)N(C)C(C)C. The average Bonchev–Trinajstić information content (AvgIpc) is 2.14. The Hall–Kier alpha value is -0.770. The quantitative estimate of drug-likeness (QED) is 0.790. The molecule has 0 aromatic carbocycles. The Morgan fingerprint density at radius 1 is 1.44 bits per heavy atom. The fourth-order valence-corrected chi connectivity index (χ4v) is 1.70. The second-order valence-corrected chi connectivity index (χ2v) is 5.19. The van der Waals surface area contributed by atoms with Crippen LogP contribution in [-0.2, 0) is 0 Å². The van der Waals surface area contributed by atoms with Crippen LogP contribution in [0.2, 0.25) is 0 Å². The number of rotatable bonds is 4. The van der Waals surface area contributed by atoms with Crippen LogP contribution in [0.15, 0.2) is 0 Å². The Kier molecular flexibility index (Phi) is 4.59. The van der Waals surface area contributed by atoms with E-state index in [1.54, 1.807) is 0 Å². The lowest BCUT2D eigenvalue weighted by molar-refractivity contribution is 0.0827. The number of amides is 2. The van der Waals surface area contributed by atoms with Crippen molar-refractivity contribution in [2.75, 3.05) is 20.1 Å². The van der Waals surface area contributed by atoms with Crippen molar-refractivity contribution in [3.8, 4) is 0 Å². The minimum absolute atomic E-state index is 0.164. The highest BCUT2D eigenvalue weighted by molar-refractivity contribution is 5.75. The zero-order chi connectivity index (χ0) is 12.3. The lowest BCUT2D eigenvalue weighted by atomic mass is 10.0. The monoisotopic (exact) mass is 227 g/mol. The van der Waals surface area contributed by atoms with E-state index in [9.17, 15) is 4.79 Å². The summed E-state index contributed by atoms with van der Waals surface area (Å²) in [5.74, 6) is 0. The summed E-state index contributed by atoms with van der Waals surface area (Å²) >= 11 is 0. The molecule has 1 unspecified atom stereocenters. The van der Waals surface area contributed by atoms with Crippen LogP contribution in [0.3, 0.4) is 0 Å². The molecule has 1 rings (SSSR count). The average molecular weight is 227 g/mol. The molecule has 0 saturated carbocycles. The maximum atomic E-state index is 12.0. The van der Waals surface area contributed by atoms with Crippen molar-refractivity contribution < 1.29 is 4.79 Å². The third kappa shape index (κ3) is 3.11. The van der Waals surface area contributed by atoms with Gasteiger partial charge in [0.05, 0.1) is 0 Å². The molecule has 1 aliphatic heterocycles. The highest BCUT2D eigenvalue weighted by Gasteiger charge is 2.34. The van der Waals surface area contributed by atoms with Gasteiger partial charge in [0.15, 0.2) is 0 Å². The molecule has 1 aliphatic rings. The van der Waals surface area contributed by atoms with Crippen molar-refractivity contribution in [2.24, 2.45) is 0 Å². The van der Waals surface area contributed by atoms with E-state index in [2.05, 4.69) is 19.2 Å². The fourth-order valence-electron chi connectivity index (χ4n) is 1.70. The van der Waals surface area contributed by atoms with Gasteiger partial charge in [-0.15, -0.1) is 0 Å². The van der Waals surface area contributed by atoms with Crippen molar-refractivity contribution >= 4 is 6.03 Å². The topological polar surface area (TPSA) is 35.6 Å². The smallest absolute Gasteiger partial charge is 0.320 e. The zero-order valence-corrected chi connectivity index (χ0v) is 11.2. The van der Waals surface area contributed by atoms with E-state index in [4.69, 9.17) is 0 Å². The summed E-state index contributed by atoms with van der Waals surface area (Å²) in [4.78, 5) is 15.8. The van der Waals surface area contributed by atoms with Crippen LogP contribution in [0, 0.1) is 0 Å². The first-order chi connectivity index (χ1) is 7.43. The lowest BCUT2D eigenvalue weighted by Crippen LogP contribution is -2.59. The summed E-state index contributed by atoms with van der Waals surface area (Å²) in [6.45, 7) is 10.2. The molecule has 1 atom stereocenters. The number of nitrogens with one attached hydrogen (secondary N) is 1. The molecular formula is C12H25N3O. The van der Waals surface area contributed by atoms with Gasteiger partial charge < -0.3 is 15.1 Å². The van der Waals surface area contributed by atoms with Crippen LogP contribution >= 0.6 is 0 Å². The molecular weight excluding hydrogens is 202 g/mol. The largest absolute Gasteiger partial charge is 0.325 e. The summed E-state index contributed by atoms with van der Waals surface area (Å²) in [5.41, 5.74) is 0. The Labute approximate surface area is 99.0 Å². The minimum Gasteiger partial charge on any atom is -0.325 e. The highest BCUT2D eigenvalue weighted by atomic mass is 16.2. The van der Waals surface area contributed by atoms with E-state index in [1.807, 2.05) is 30.7 Å². The minimum atomic E-state index is 0.164. The van der Waals surface area contributed by atoms with Crippen molar-refractivity contribution in [3.63, 3.8) is 0 Å². The van der Waals surface area contributed by atoms with Crippen LogP contribution in [0.1, 0.15) is 34.1 Å². The molecule has 0 bridgehead atoms. The van der Waals surface area contributed by atoms with E-state index in [0.717, 1.165) is 19.5 Å². The number of nitrogens with zero attached hydrogens (tertiary/aromatic N) is 2. The van der Waals surface area contributed by atoms with Gasteiger partial charge in [0, 0.05) is 38.3 Å². The first-order valence-electron chi connectivity index (χ1n) is 6.20. The molecule has 0 aromatic heterocycles. The van der Waals surface area contributed by atoms with E-state index < -0.39 is 0 Å². The van der Waals surface area contributed by atoms with Gasteiger partial charge in [-0.3, -0.25) is 0 Å². The molecule has 4 heteroatoms. The zero-order valence-electron chi connectivity index (χ0n) is 11.2. The summed E-state index contributed by atoms with van der Waals surface area (Å²) in [6, 6.07) is 1.31. The summed E-state index contributed by atoms with van der Waals surface area (Å²) < 4.78 is 0. The predicted molar refractivity (Wildman–Crippen MR) is 66.5 cm³/mol. The molecule has 1 N–H and O–H groups in total. The highest BCUT2D eigenvalue weighted by Crippen LogP contribution is 2.19. The molecule has 2 amide bonds. The number of urea groups is 1. The van der Waals surface area contributed by atoms with Crippen LogP contribution in [-0.4, -0.2) is 54.1 Å². The number of hydrogen-bond acceptors (Lipinski definition) is 2. The number of likely N-dealkylation sites (tertiary alicyclic amines) is 1. The molecule has 16 heavy (non-hydrogen) atoms. The van der Waals surface area contributed by atoms with Crippen molar-refractivity contribution in [3.05, 3.63) is 0 Å².